The predicted molar refractivity (Wildman–Crippen MR) is 107 cm³/mol. The molecule has 2 N–H and O–H groups in total. The van der Waals surface area contributed by atoms with Crippen molar-refractivity contribution in [1.82, 2.24) is 0 Å². The van der Waals surface area contributed by atoms with E-state index < -0.39 is 27.7 Å². The van der Waals surface area contributed by atoms with E-state index in [2.05, 4.69) is 10.0 Å². The summed E-state index contributed by atoms with van der Waals surface area (Å²) in [5.74, 6) is -0.446. The lowest BCUT2D eigenvalue weighted by Gasteiger charge is -2.11. The Morgan fingerprint density at radius 1 is 0.833 bits per heavy atom. The Balaban J connectivity index is 1.65. The predicted octanol–water partition coefficient (Wildman–Crippen LogP) is 4.69. The van der Waals surface area contributed by atoms with Crippen LogP contribution in [0.2, 0.25) is 0 Å². The minimum atomic E-state index is -4.44. The molecule has 0 aromatic heterocycles. The lowest BCUT2D eigenvalue weighted by molar-refractivity contribution is -0.137. The van der Waals surface area contributed by atoms with Gasteiger partial charge in [-0.25, -0.2) is 8.42 Å². The molecule has 5 nitrogen and oxygen atoms in total. The van der Waals surface area contributed by atoms with Crippen LogP contribution in [0.3, 0.4) is 0 Å². The van der Waals surface area contributed by atoms with Crippen molar-refractivity contribution >= 4 is 27.3 Å². The van der Waals surface area contributed by atoms with Crippen LogP contribution in [0.15, 0.2) is 83.8 Å². The van der Waals surface area contributed by atoms with E-state index in [9.17, 15) is 26.4 Å². The summed E-state index contributed by atoms with van der Waals surface area (Å²) >= 11 is 0. The fraction of sp³-hybridized carbons (Fsp3) is 0.0952. The average Bonchev–Trinajstić information content (AvgIpc) is 2.68. The zero-order valence-electron chi connectivity index (χ0n) is 15.5. The minimum absolute atomic E-state index is 0.0988. The Hall–Kier alpha value is -3.33. The van der Waals surface area contributed by atoms with E-state index in [0.717, 1.165) is 12.1 Å². The van der Waals surface area contributed by atoms with Crippen LogP contribution in [-0.2, 0) is 27.4 Å². The van der Waals surface area contributed by atoms with Gasteiger partial charge in [-0.15, -0.1) is 0 Å². The molecule has 0 saturated carbocycles. The lowest BCUT2D eigenvalue weighted by Crippen LogP contribution is -2.16. The SMILES string of the molecule is O=C(Cc1ccc(C(F)(F)F)cc1)Nc1cccc(NS(=O)(=O)c2ccccc2)c1. The number of benzene rings is 3. The largest absolute Gasteiger partial charge is 0.416 e. The molecule has 156 valence electrons. The van der Waals surface area contributed by atoms with Crippen molar-refractivity contribution in [1.29, 1.82) is 0 Å². The fourth-order valence-electron chi connectivity index (χ4n) is 2.68. The van der Waals surface area contributed by atoms with Gasteiger partial charge in [-0.3, -0.25) is 9.52 Å². The molecule has 30 heavy (non-hydrogen) atoms. The van der Waals surface area contributed by atoms with Crippen LogP contribution in [0.5, 0.6) is 0 Å². The van der Waals surface area contributed by atoms with E-state index in [1.165, 1.54) is 36.4 Å². The Morgan fingerprint density at radius 3 is 2.10 bits per heavy atom. The first-order valence-corrected chi connectivity index (χ1v) is 10.3. The summed E-state index contributed by atoms with van der Waals surface area (Å²) in [6.45, 7) is 0. The third-order valence-electron chi connectivity index (χ3n) is 4.10. The average molecular weight is 434 g/mol. The second-order valence-corrected chi connectivity index (χ2v) is 8.10. The topological polar surface area (TPSA) is 75.3 Å². The first-order chi connectivity index (χ1) is 14.1. The smallest absolute Gasteiger partial charge is 0.326 e. The lowest BCUT2D eigenvalue weighted by atomic mass is 10.1. The number of rotatable bonds is 6. The Kier molecular flexibility index (Phi) is 6.12. The van der Waals surface area contributed by atoms with E-state index in [1.54, 1.807) is 30.3 Å². The van der Waals surface area contributed by atoms with E-state index in [4.69, 9.17) is 0 Å². The second kappa shape index (κ2) is 8.58. The molecule has 0 aliphatic heterocycles. The highest BCUT2D eigenvalue weighted by Crippen LogP contribution is 2.29. The maximum absolute atomic E-state index is 12.6. The molecule has 0 aliphatic rings. The van der Waals surface area contributed by atoms with Gasteiger partial charge in [0.15, 0.2) is 0 Å². The zero-order chi connectivity index (χ0) is 21.8. The monoisotopic (exact) mass is 434 g/mol. The van der Waals surface area contributed by atoms with Gasteiger partial charge in [-0.05, 0) is 48.0 Å². The van der Waals surface area contributed by atoms with Crippen LogP contribution in [0.1, 0.15) is 11.1 Å². The van der Waals surface area contributed by atoms with E-state index in [-0.39, 0.29) is 17.0 Å². The van der Waals surface area contributed by atoms with Gasteiger partial charge < -0.3 is 5.32 Å². The molecular formula is C21H17F3N2O3S. The maximum atomic E-state index is 12.6. The highest BCUT2D eigenvalue weighted by molar-refractivity contribution is 7.92. The number of carbonyl (C=O) groups excluding carboxylic acids is 1. The van der Waals surface area contributed by atoms with Gasteiger partial charge in [0.1, 0.15) is 0 Å². The normalized spacial score (nSPS) is 11.7. The zero-order valence-corrected chi connectivity index (χ0v) is 16.3. The number of hydrogen-bond acceptors (Lipinski definition) is 3. The molecule has 3 rings (SSSR count). The molecule has 0 heterocycles. The van der Waals surface area contributed by atoms with Gasteiger partial charge in [0.2, 0.25) is 5.91 Å². The van der Waals surface area contributed by atoms with Crippen molar-refractivity contribution in [2.45, 2.75) is 17.5 Å². The van der Waals surface area contributed by atoms with Gasteiger partial charge in [0.25, 0.3) is 10.0 Å². The van der Waals surface area contributed by atoms with Gasteiger partial charge >= 0.3 is 6.18 Å². The number of halogens is 3. The third-order valence-corrected chi connectivity index (χ3v) is 5.50. The molecule has 0 unspecified atom stereocenters. The van der Waals surface area contributed by atoms with Gasteiger partial charge in [-0.2, -0.15) is 13.2 Å². The summed E-state index contributed by atoms with van der Waals surface area (Å²) in [7, 11) is -3.78. The molecule has 0 bridgehead atoms. The molecule has 0 aliphatic carbocycles. The van der Waals surface area contributed by atoms with Crippen molar-refractivity contribution in [2.75, 3.05) is 10.0 Å². The van der Waals surface area contributed by atoms with Crippen LogP contribution in [0.25, 0.3) is 0 Å². The van der Waals surface area contributed by atoms with Crippen molar-refractivity contribution in [2.24, 2.45) is 0 Å². The maximum Gasteiger partial charge on any atom is 0.416 e. The molecule has 3 aromatic rings. The second-order valence-electron chi connectivity index (χ2n) is 6.42. The molecular weight excluding hydrogens is 417 g/mol. The van der Waals surface area contributed by atoms with Gasteiger partial charge in [0, 0.05) is 5.69 Å². The van der Waals surface area contributed by atoms with Crippen LogP contribution in [0, 0.1) is 0 Å². The number of alkyl halides is 3. The van der Waals surface area contributed by atoms with Crippen molar-refractivity contribution in [3.63, 3.8) is 0 Å². The van der Waals surface area contributed by atoms with E-state index >= 15 is 0 Å². The first-order valence-electron chi connectivity index (χ1n) is 8.77. The molecule has 3 aromatic carbocycles. The van der Waals surface area contributed by atoms with Crippen LogP contribution in [0.4, 0.5) is 24.5 Å². The van der Waals surface area contributed by atoms with E-state index in [1.807, 2.05) is 0 Å². The fourth-order valence-corrected chi connectivity index (χ4v) is 3.75. The number of sulfonamides is 1. The van der Waals surface area contributed by atoms with E-state index in [0.29, 0.717) is 11.3 Å². The van der Waals surface area contributed by atoms with Crippen molar-refractivity contribution in [3.05, 3.63) is 90.0 Å². The summed E-state index contributed by atoms with van der Waals surface area (Å²) < 4.78 is 65.0. The van der Waals surface area contributed by atoms with Crippen LogP contribution >= 0.6 is 0 Å². The van der Waals surface area contributed by atoms with Crippen LogP contribution in [-0.4, -0.2) is 14.3 Å². The summed E-state index contributed by atoms with van der Waals surface area (Å²) in [5, 5.41) is 2.61. The Labute approximate surface area is 171 Å². The minimum Gasteiger partial charge on any atom is -0.326 e. The summed E-state index contributed by atoms with van der Waals surface area (Å²) in [6.07, 6.45) is -4.56. The standard InChI is InChI=1S/C21H17F3N2O3S/c22-21(23,24)16-11-9-15(10-12-16)13-20(27)25-17-5-4-6-18(14-17)26-30(28,29)19-7-2-1-3-8-19/h1-12,14,26H,13H2,(H,25,27). The van der Waals surface area contributed by atoms with Gasteiger partial charge in [-0.1, -0.05) is 36.4 Å². The first kappa shape index (κ1) is 21.4. The van der Waals surface area contributed by atoms with Crippen molar-refractivity contribution < 1.29 is 26.4 Å². The van der Waals surface area contributed by atoms with Crippen molar-refractivity contribution in [3.8, 4) is 0 Å². The molecule has 0 atom stereocenters. The molecule has 0 fully saturated rings. The van der Waals surface area contributed by atoms with Gasteiger partial charge in [0.05, 0.1) is 22.6 Å². The summed E-state index contributed by atoms with van der Waals surface area (Å²) in [4.78, 5) is 12.3. The highest BCUT2D eigenvalue weighted by Gasteiger charge is 2.29. The molecule has 0 saturated heterocycles. The quantitative estimate of drug-likeness (QED) is 0.591. The number of nitrogens with one attached hydrogen (secondary N) is 2. The molecule has 1 amide bonds. The Morgan fingerprint density at radius 2 is 1.47 bits per heavy atom. The number of hydrogen-bond donors (Lipinski definition) is 2. The number of carbonyl (C=O) groups is 1. The highest BCUT2D eigenvalue weighted by atomic mass is 32.2. The molecule has 0 radical (unpaired) electrons. The number of anilines is 2. The Bertz CT molecular complexity index is 1130. The number of amides is 1. The summed E-state index contributed by atoms with van der Waals surface area (Å²) in [6, 6.07) is 18.3. The summed E-state index contributed by atoms with van der Waals surface area (Å²) in [5.41, 5.74) is 0.234. The molecule has 9 heteroatoms. The third kappa shape index (κ3) is 5.60. The van der Waals surface area contributed by atoms with Crippen LogP contribution < -0.4 is 10.0 Å². The molecule has 0 spiro atoms.